The second-order valence-corrected chi connectivity index (χ2v) is 9.21. The van der Waals surface area contributed by atoms with Crippen LogP contribution in [0.5, 0.6) is 11.5 Å². The quantitative estimate of drug-likeness (QED) is 0.117. The number of aromatic nitrogens is 2. The number of aromatic amines is 2. The van der Waals surface area contributed by atoms with E-state index in [9.17, 15) is 19.8 Å². The molecule has 2 unspecified atom stereocenters. The van der Waals surface area contributed by atoms with Crippen LogP contribution in [0.25, 0.3) is 21.8 Å². The zero-order valence-electron chi connectivity index (χ0n) is 27.0. The van der Waals surface area contributed by atoms with Gasteiger partial charge in [0.15, 0.2) is 0 Å². The number of benzene rings is 2. The maximum Gasteiger partial charge on any atom is 0.248 e. The Morgan fingerprint density at radius 1 is 0.500 bits per heavy atom. The monoisotopic (exact) mass is 1680 g/mol. The standard InChI is InChI=1S/2C13H14NO4.C5H10O3.4Rf/c2*1-17-7-10(15)8-18-11-4-2-9-3-5-13(16)14-12(9)6-11;1-7-3-5(6)4-8-2;;;;/h2*2-6,10,15H,1,7-8H2,(H,14,16);5-6H,1-4H2;;;;/q2*-1;-2;;;;. The SMILES string of the molecule is [CH2-]OCC(O)CO[CH2-].[CH2-]OCC(O)COc1ccc2ccc(=O)[nH]c2c1.[CH2-]OCC(O)COc1ccc2ccc(=O)[nH]c2c1.[Rf].[Rf].[Rf].[Rf]. The fourth-order valence-corrected chi connectivity index (χ4v) is 3.51. The van der Waals surface area contributed by atoms with Gasteiger partial charge in [0.2, 0.25) is 11.1 Å². The molecule has 250 valence electrons. The predicted molar refractivity (Wildman–Crippen MR) is 163 cm³/mol. The van der Waals surface area contributed by atoms with Gasteiger partial charge < -0.3 is 53.7 Å². The normalized spacial score (nSPS) is 11.2. The molecule has 2 heterocycles. The van der Waals surface area contributed by atoms with Gasteiger partial charge in [-0.05, 0) is 47.2 Å². The Morgan fingerprint density at radius 3 is 1.10 bits per heavy atom. The molecule has 0 amide bonds. The van der Waals surface area contributed by atoms with Crippen molar-refractivity contribution in [2.75, 3.05) is 39.6 Å². The van der Waals surface area contributed by atoms with Crippen molar-refractivity contribution in [3.63, 3.8) is 0 Å². The summed E-state index contributed by atoms with van der Waals surface area (Å²) in [6.07, 6.45) is -2.06. The van der Waals surface area contributed by atoms with Crippen molar-refractivity contribution in [1.82, 2.24) is 9.97 Å². The van der Waals surface area contributed by atoms with Gasteiger partial charge in [-0.1, -0.05) is 0 Å². The first-order valence-corrected chi connectivity index (χ1v) is 13.2. The van der Waals surface area contributed by atoms with E-state index in [1.54, 1.807) is 36.4 Å². The average molecular weight is 1680 g/mol. The van der Waals surface area contributed by atoms with E-state index in [1.807, 2.05) is 12.1 Å². The number of ether oxygens (including phenoxy) is 6. The van der Waals surface area contributed by atoms with E-state index >= 15 is 0 Å². The Hall–Kier alpha value is -7.82. The van der Waals surface area contributed by atoms with Crippen LogP contribution in [0.2, 0.25) is 0 Å². The molecule has 0 fully saturated rings. The molecule has 17 heteroatoms. The zero-order valence-corrected chi connectivity index (χ0v) is 52.6. The third-order valence-electron chi connectivity index (χ3n) is 5.52. The van der Waals surface area contributed by atoms with E-state index in [-0.39, 0.29) is 50.8 Å². The first kappa shape index (κ1) is 44.6. The van der Waals surface area contributed by atoms with Gasteiger partial charge in [0.05, 0.1) is 17.1 Å². The van der Waals surface area contributed by atoms with Crippen molar-refractivity contribution >= 4 is 21.8 Å². The fraction of sp³-hybridized carbons (Fsp3) is 0.290. The fourth-order valence-electron chi connectivity index (χ4n) is 3.51. The maximum absolute atomic E-state index is 11.2. The van der Waals surface area contributed by atoms with Crippen LogP contribution in [-0.2, 0) is 18.9 Å². The van der Waals surface area contributed by atoms with Crippen molar-refractivity contribution in [1.29, 1.82) is 0 Å². The number of aliphatic hydroxyl groups excluding tert-OH is 3. The summed E-state index contributed by atoms with van der Waals surface area (Å²) in [6, 6.07) is 17.1. The molecule has 4 aromatic rings. The minimum absolute atomic E-state index is 0. The van der Waals surface area contributed by atoms with Crippen molar-refractivity contribution in [2.45, 2.75) is 18.3 Å². The van der Waals surface area contributed by atoms with E-state index in [4.69, 9.17) is 14.6 Å². The molecule has 48 heavy (non-hydrogen) atoms. The van der Waals surface area contributed by atoms with E-state index in [1.165, 1.54) is 12.1 Å². The summed E-state index contributed by atoms with van der Waals surface area (Å²) in [5, 5.41) is 29.4. The number of hydrogen-bond donors (Lipinski definition) is 5. The third kappa shape index (κ3) is 15.6. The van der Waals surface area contributed by atoms with Gasteiger partial charge >= 0.3 is 0 Å². The molecule has 0 aliphatic rings. The van der Waals surface area contributed by atoms with Crippen LogP contribution in [-0.4, -0.2) is 83.2 Å². The van der Waals surface area contributed by atoms with Gasteiger partial charge in [0.1, 0.15) is 36.9 Å². The minimum Gasteiger partial charge on any atom is -0.553 e. The molecule has 0 aliphatic heterocycles. The molecule has 0 spiro atoms. The molecule has 0 radical (unpaired) electrons. The average Bonchev–Trinajstić information content (AvgIpc) is 3.00. The molecule has 0 aliphatic carbocycles. The Kier molecular flexibility index (Phi) is 22.0. The molecule has 5 N–H and O–H groups in total. The summed E-state index contributed by atoms with van der Waals surface area (Å²) in [5.74, 6) is 1.15. The Labute approximate surface area is 254 Å². The third-order valence-corrected chi connectivity index (χ3v) is 5.52. The first-order valence-electron chi connectivity index (χ1n) is 13.2. The van der Waals surface area contributed by atoms with Crippen LogP contribution in [0.3, 0.4) is 0 Å². The van der Waals surface area contributed by atoms with Gasteiger partial charge in [-0.2, -0.15) is 0 Å². The van der Waals surface area contributed by atoms with Crippen molar-refractivity contribution in [3.8, 4) is 11.5 Å². The molecule has 0 bridgehead atoms. The van der Waals surface area contributed by atoms with Gasteiger partial charge in [0.25, 0.3) is 0 Å². The molecule has 4 rings (SSSR count). The molecule has 0 saturated carbocycles. The Bertz CT molecular complexity index is 1400. The van der Waals surface area contributed by atoms with E-state index in [2.05, 4.69) is 57.4 Å². The van der Waals surface area contributed by atoms with Crippen molar-refractivity contribution in [2.24, 2.45) is 0 Å². The summed E-state index contributed by atoms with van der Waals surface area (Å²) in [7, 11) is 12.5. The van der Waals surface area contributed by atoms with Gasteiger partial charge in [0, 0.05) is 50.7 Å². The first-order chi connectivity index (χ1) is 21.2. The number of rotatable bonds is 14. The van der Waals surface area contributed by atoms with Gasteiger partial charge in [-0.25, -0.2) is 28.4 Å². The summed E-state index contributed by atoms with van der Waals surface area (Å²) >= 11 is 0. The Morgan fingerprint density at radius 2 is 0.792 bits per heavy atom. The molecular weight excluding hydrogens is 1640 g/mol. The number of pyridine rings is 2. The van der Waals surface area contributed by atoms with E-state index in [0.717, 1.165) is 10.8 Å². The zero-order chi connectivity index (χ0) is 32.3. The second-order valence-electron chi connectivity index (χ2n) is 9.21. The van der Waals surface area contributed by atoms with Crippen LogP contribution in [0.15, 0.2) is 70.3 Å². The summed E-state index contributed by atoms with van der Waals surface area (Å²) < 4.78 is 28.6. The number of fused-ring (bicyclic) bond motifs is 2. The summed E-state index contributed by atoms with van der Waals surface area (Å²) in [4.78, 5) is 27.8. The predicted octanol–water partition coefficient (Wildman–Crippen LogP) is 2.12. The maximum atomic E-state index is 11.2. The van der Waals surface area contributed by atoms with Gasteiger partial charge in [-0.3, -0.25) is 9.59 Å². The number of nitrogens with one attached hydrogen (secondary N) is 2. The molecule has 2 atom stereocenters. The van der Waals surface area contributed by atoms with E-state index < -0.39 is 18.3 Å². The molecule has 2 aromatic carbocycles. The minimum atomic E-state index is -0.729. The van der Waals surface area contributed by atoms with Crippen LogP contribution in [0, 0.1) is 28.4 Å². The second kappa shape index (κ2) is 23.6. The van der Waals surface area contributed by atoms with Crippen molar-refractivity contribution < 1.29 is 43.7 Å². The summed E-state index contributed by atoms with van der Waals surface area (Å²) in [5.41, 5.74) is 1.07. The van der Waals surface area contributed by atoms with Gasteiger partial charge in [-0.15, -0.1) is 0 Å². The van der Waals surface area contributed by atoms with E-state index in [0.29, 0.717) is 22.5 Å². The van der Waals surface area contributed by atoms with Crippen molar-refractivity contribution in [3.05, 3.63) is 110 Å². The molecule has 13 nitrogen and oxygen atoms in total. The topological polar surface area (TPSA) is 182 Å². The van der Waals surface area contributed by atoms with Crippen LogP contribution >= 0.6 is 0 Å². The largest absolute Gasteiger partial charge is 0.553 e. The summed E-state index contributed by atoms with van der Waals surface area (Å²) in [6.45, 7) is 0.829. The van der Waals surface area contributed by atoms with Crippen LogP contribution in [0.1, 0.15) is 0 Å². The van der Waals surface area contributed by atoms with Crippen LogP contribution in [0.4, 0.5) is 0 Å². The smallest absolute Gasteiger partial charge is 0.248 e. The molecule has 0 saturated heterocycles. The number of aliphatic hydroxyl groups is 3. The Balaban J connectivity index is -0.000000649. The molecular formula is C31H38N2O11Rf4-4. The number of hydrogen-bond acceptors (Lipinski definition) is 11. The van der Waals surface area contributed by atoms with Crippen LogP contribution < -0.4 is 20.6 Å². The number of H-pyrrole nitrogens is 2. The molecule has 2 aromatic heterocycles.